The van der Waals surface area contributed by atoms with Crippen molar-refractivity contribution in [1.82, 2.24) is 9.47 Å². The minimum atomic E-state index is -0.188. The van der Waals surface area contributed by atoms with Gasteiger partial charge in [-0.15, -0.1) is 0 Å². The van der Waals surface area contributed by atoms with Gasteiger partial charge >= 0.3 is 0 Å². The van der Waals surface area contributed by atoms with Crippen LogP contribution in [0.2, 0.25) is 0 Å². The van der Waals surface area contributed by atoms with E-state index >= 15 is 0 Å². The molecule has 1 fully saturated rings. The molecule has 1 aliphatic rings. The topological polar surface area (TPSA) is 68.3 Å². The molecule has 0 saturated carbocycles. The minimum Gasteiger partial charge on any atom is -0.398 e. The summed E-state index contributed by atoms with van der Waals surface area (Å²) in [5.41, 5.74) is 5.95. The van der Waals surface area contributed by atoms with E-state index in [0.29, 0.717) is 11.6 Å². The summed E-state index contributed by atoms with van der Waals surface area (Å²) in [4.78, 5) is 25.7. The van der Waals surface area contributed by atoms with Crippen LogP contribution in [0.1, 0.15) is 26.2 Å². The lowest BCUT2D eigenvalue weighted by molar-refractivity contribution is -0.133. The minimum absolute atomic E-state index is 0.00542. The molecule has 1 aromatic heterocycles. The van der Waals surface area contributed by atoms with Gasteiger partial charge in [-0.1, -0.05) is 13.3 Å². The Morgan fingerprint density at radius 3 is 3.00 bits per heavy atom. The Bertz CT molecular complexity index is 510. The molecule has 0 aromatic carbocycles. The molecule has 0 bridgehead atoms. The number of rotatable bonds is 3. The summed E-state index contributed by atoms with van der Waals surface area (Å²) in [5.74, 6) is 0.598. The summed E-state index contributed by atoms with van der Waals surface area (Å²) in [6.45, 7) is 3.85. The molecular weight excluding hydrogens is 242 g/mol. The molecule has 104 valence electrons. The van der Waals surface area contributed by atoms with Gasteiger partial charge in [0.2, 0.25) is 5.91 Å². The fourth-order valence-corrected chi connectivity index (χ4v) is 2.54. The largest absolute Gasteiger partial charge is 0.398 e. The maximum atomic E-state index is 12.2. The average Bonchev–Trinajstić information content (AvgIpc) is 2.43. The van der Waals surface area contributed by atoms with E-state index < -0.39 is 0 Å². The first-order valence-electron chi connectivity index (χ1n) is 6.84. The molecule has 1 saturated heterocycles. The molecule has 0 radical (unpaired) electrons. The molecule has 1 unspecified atom stereocenters. The number of aromatic nitrogens is 1. The fraction of sp³-hybridized carbons (Fsp3) is 0.571. The number of hydrogen-bond acceptors (Lipinski definition) is 3. The van der Waals surface area contributed by atoms with E-state index in [1.54, 1.807) is 6.07 Å². The molecule has 0 aliphatic carbocycles. The summed E-state index contributed by atoms with van der Waals surface area (Å²) in [6, 6.07) is 2.95. The van der Waals surface area contributed by atoms with Gasteiger partial charge in [0.25, 0.3) is 5.56 Å². The second kappa shape index (κ2) is 5.91. The van der Waals surface area contributed by atoms with E-state index in [1.807, 2.05) is 4.90 Å². The number of nitrogens with two attached hydrogens (primary N) is 1. The van der Waals surface area contributed by atoms with Gasteiger partial charge in [-0.3, -0.25) is 9.59 Å². The Morgan fingerprint density at radius 1 is 1.47 bits per heavy atom. The van der Waals surface area contributed by atoms with Crippen LogP contribution in [0.3, 0.4) is 0 Å². The zero-order chi connectivity index (χ0) is 13.8. The smallest absolute Gasteiger partial charge is 0.251 e. The molecule has 2 N–H and O–H groups in total. The first-order valence-corrected chi connectivity index (χ1v) is 6.84. The zero-order valence-corrected chi connectivity index (χ0v) is 11.3. The molecule has 2 heterocycles. The zero-order valence-electron chi connectivity index (χ0n) is 11.3. The molecule has 5 nitrogen and oxygen atoms in total. The predicted octanol–water partition coefficient (Wildman–Crippen LogP) is 1.08. The van der Waals surface area contributed by atoms with Crippen LogP contribution in [0.5, 0.6) is 0 Å². The van der Waals surface area contributed by atoms with Gasteiger partial charge in [0.1, 0.15) is 6.54 Å². The number of likely N-dealkylation sites (tertiary alicyclic amines) is 1. The third-order valence-corrected chi connectivity index (χ3v) is 3.76. The number of anilines is 1. The molecule has 2 rings (SSSR count). The predicted molar refractivity (Wildman–Crippen MR) is 74.7 cm³/mol. The molecule has 0 spiro atoms. The lowest BCUT2D eigenvalue weighted by atomic mass is 9.96. The van der Waals surface area contributed by atoms with Crippen LogP contribution in [-0.4, -0.2) is 28.5 Å². The Kier molecular flexibility index (Phi) is 4.24. The summed E-state index contributed by atoms with van der Waals surface area (Å²) in [5, 5.41) is 0. The lowest BCUT2D eigenvalue weighted by Gasteiger charge is -2.32. The third kappa shape index (κ3) is 3.36. The molecule has 1 aliphatic heterocycles. The molecule has 5 heteroatoms. The van der Waals surface area contributed by atoms with Crippen LogP contribution in [0.4, 0.5) is 5.69 Å². The lowest BCUT2D eigenvalue weighted by Crippen LogP contribution is -2.42. The second-order valence-electron chi connectivity index (χ2n) is 5.18. The number of amides is 1. The van der Waals surface area contributed by atoms with Crippen molar-refractivity contribution < 1.29 is 4.79 Å². The van der Waals surface area contributed by atoms with E-state index in [2.05, 4.69) is 6.92 Å². The SMILES string of the molecule is CCC1CCCN(C(=O)Cn2cc(N)ccc2=O)C1. The van der Waals surface area contributed by atoms with Crippen LogP contribution in [-0.2, 0) is 11.3 Å². The van der Waals surface area contributed by atoms with Crippen LogP contribution in [0.25, 0.3) is 0 Å². The van der Waals surface area contributed by atoms with Crippen LogP contribution >= 0.6 is 0 Å². The Morgan fingerprint density at radius 2 is 2.26 bits per heavy atom. The molecule has 1 amide bonds. The van der Waals surface area contributed by atoms with Crippen LogP contribution < -0.4 is 11.3 Å². The van der Waals surface area contributed by atoms with Crippen molar-refractivity contribution in [3.8, 4) is 0 Å². The van der Waals surface area contributed by atoms with Crippen molar-refractivity contribution in [3.63, 3.8) is 0 Å². The standard InChI is InChI=1S/C14H21N3O2/c1-2-11-4-3-7-16(8-11)14(19)10-17-9-12(15)5-6-13(17)18/h5-6,9,11H,2-4,7-8,10,15H2,1H3. The highest BCUT2D eigenvalue weighted by Gasteiger charge is 2.22. The normalized spacial score (nSPS) is 19.4. The van der Waals surface area contributed by atoms with Crippen LogP contribution in [0, 0.1) is 5.92 Å². The maximum Gasteiger partial charge on any atom is 0.251 e. The van der Waals surface area contributed by atoms with Gasteiger partial charge in [0.05, 0.1) is 0 Å². The van der Waals surface area contributed by atoms with Crippen molar-refractivity contribution in [3.05, 3.63) is 28.7 Å². The summed E-state index contributed by atoms with van der Waals surface area (Å²) >= 11 is 0. The second-order valence-corrected chi connectivity index (χ2v) is 5.18. The van der Waals surface area contributed by atoms with Crippen molar-refractivity contribution in [2.75, 3.05) is 18.8 Å². The molecule has 19 heavy (non-hydrogen) atoms. The van der Waals surface area contributed by atoms with Gasteiger partial charge in [-0.2, -0.15) is 0 Å². The quantitative estimate of drug-likeness (QED) is 0.887. The van der Waals surface area contributed by atoms with E-state index in [4.69, 9.17) is 5.73 Å². The first kappa shape index (κ1) is 13.6. The molecular formula is C14H21N3O2. The van der Waals surface area contributed by atoms with Crippen molar-refractivity contribution in [2.24, 2.45) is 5.92 Å². The number of carbonyl (C=O) groups is 1. The maximum absolute atomic E-state index is 12.2. The Hall–Kier alpha value is -1.78. The van der Waals surface area contributed by atoms with Gasteiger partial charge in [0.15, 0.2) is 0 Å². The number of piperidine rings is 1. The Labute approximate surface area is 113 Å². The van der Waals surface area contributed by atoms with E-state index in [9.17, 15) is 9.59 Å². The van der Waals surface area contributed by atoms with E-state index in [1.165, 1.54) is 23.3 Å². The fourth-order valence-electron chi connectivity index (χ4n) is 2.54. The monoisotopic (exact) mass is 263 g/mol. The van der Waals surface area contributed by atoms with Gasteiger partial charge in [-0.25, -0.2) is 0 Å². The number of nitrogens with zero attached hydrogens (tertiary/aromatic N) is 2. The van der Waals surface area contributed by atoms with E-state index in [0.717, 1.165) is 25.9 Å². The summed E-state index contributed by atoms with van der Waals surface area (Å²) < 4.78 is 1.38. The van der Waals surface area contributed by atoms with E-state index in [-0.39, 0.29) is 18.0 Å². The highest BCUT2D eigenvalue weighted by atomic mass is 16.2. The average molecular weight is 263 g/mol. The number of nitrogen functional groups attached to an aromatic ring is 1. The highest BCUT2D eigenvalue weighted by Crippen LogP contribution is 2.19. The first-order chi connectivity index (χ1) is 9.10. The third-order valence-electron chi connectivity index (χ3n) is 3.76. The van der Waals surface area contributed by atoms with Crippen molar-refractivity contribution in [2.45, 2.75) is 32.7 Å². The van der Waals surface area contributed by atoms with Crippen molar-refractivity contribution >= 4 is 11.6 Å². The molecule has 1 aromatic rings. The van der Waals surface area contributed by atoms with Gasteiger partial charge < -0.3 is 15.2 Å². The molecule has 1 atom stereocenters. The Balaban J connectivity index is 2.04. The highest BCUT2D eigenvalue weighted by molar-refractivity contribution is 5.76. The van der Waals surface area contributed by atoms with Crippen molar-refractivity contribution in [1.29, 1.82) is 0 Å². The summed E-state index contributed by atoms with van der Waals surface area (Å²) in [6.07, 6.45) is 4.87. The summed E-state index contributed by atoms with van der Waals surface area (Å²) in [7, 11) is 0. The van der Waals surface area contributed by atoms with Gasteiger partial charge in [0, 0.05) is 31.0 Å². The number of hydrogen-bond donors (Lipinski definition) is 1. The van der Waals surface area contributed by atoms with Gasteiger partial charge in [-0.05, 0) is 24.8 Å². The number of pyridine rings is 1. The number of carbonyl (C=O) groups excluding carboxylic acids is 1. The van der Waals surface area contributed by atoms with Crippen LogP contribution in [0.15, 0.2) is 23.1 Å².